The Morgan fingerprint density at radius 2 is 2.12 bits per heavy atom. The van der Waals surface area contributed by atoms with Crippen molar-refractivity contribution >= 4 is 5.91 Å². The molecule has 0 spiro atoms. The number of nitrogens with one attached hydrogen (secondary N) is 1. The summed E-state index contributed by atoms with van der Waals surface area (Å²) in [5.41, 5.74) is 1.01. The molecule has 1 unspecified atom stereocenters. The van der Waals surface area contributed by atoms with Crippen LogP contribution >= 0.6 is 0 Å². The van der Waals surface area contributed by atoms with Gasteiger partial charge in [-0.2, -0.15) is 0 Å². The Morgan fingerprint density at radius 1 is 1.31 bits per heavy atom. The van der Waals surface area contributed by atoms with Crippen molar-refractivity contribution in [3.05, 3.63) is 11.9 Å². The fraction of sp³-hybridized carbons (Fsp3) is 0.842. The van der Waals surface area contributed by atoms with Crippen LogP contribution in [-0.4, -0.2) is 70.0 Å². The van der Waals surface area contributed by atoms with E-state index in [1.807, 2.05) is 18.8 Å². The predicted octanol–water partition coefficient (Wildman–Crippen LogP) is 1.11. The Morgan fingerprint density at radius 3 is 2.81 bits per heavy atom. The van der Waals surface area contributed by atoms with Crippen LogP contribution in [0.2, 0.25) is 0 Å². The van der Waals surface area contributed by atoms with Crippen molar-refractivity contribution in [2.75, 3.05) is 27.2 Å². The highest BCUT2D eigenvalue weighted by Gasteiger charge is 2.43. The highest BCUT2D eigenvalue weighted by Crippen LogP contribution is 2.37. The van der Waals surface area contributed by atoms with E-state index < -0.39 is 0 Å². The Bertz CT molecular complexity index is 623. The minimum Gasteiger partial charge on any atom is -0.353 e. The second kappa shape index (κ2) is 7.64. The molecule has 1 aliphatic carbocycles. The van der Waals surface area contributed by atoms with E-state index in [1.54, 1.807) is 0 Å². The molecule has 3 aliphatic heterocycles. The lowest BCUT2D eigenvalue weighted by atomic mass is 9.75. The zero-order valence-corrected chi connectivity index (χ0v) is 16.1. The minimum absolute atomic E-state index is 0.181. The average Bonchev–Trinajstić information content (AvgIpc) is 3.27. The van der Waals surface area contributed by atoms with Crippen molar-refractivity contribution in [3.63, 3.8) is 0 Å². The molecule has 7 heteroatoms. The number of carbonyl (C=O) groups is 1. The van der Waals surface area contributed by atoms with Crippen LogP contribution in [0.25, 0.3) is 0 Å². The summed E-state index contributed by atoms with van der Waals surface area (Å²) in [6.07, 6.45) is 9.18. The van der Waals surface area contributed by atoms with Crippen molar-refractivity contribution < 1.29 is 4.79 Å². The molecule has 7 nitrogen and oxygen atoms in total. The molecule has 0 aromatic carbocycles. The topological polar surface area (TPSA) is 66.3 Å². The van der Waals surface area contributed by atoms with Gasteiger partial charge in [0, 0.05) is 31.4 Å². The lowest BCUT2D eigenvalue weighted by Crippen LogP contribution is -2.58. The van der Waals surface area contributed by atoms with Gasteiger partial charge in [-0.3, -0.25) is 14.4 Å². The van der Waals surface area contributed by atoms with Crippen LogP contribution in [-0.2, 0) is 17.9 Å². The van der Waals surface area contributed by atoms with Gasteiger partial charge in [-0.15, -0.1) is 5.10 Å². The van der Waals surface area contributed by atoms with Crippen molar-refractivity contribution in [2.24, 2.45) is 11.8 Å². The first-order valence-corrected chi connectivity index (χ1v) is 10.2. The van der Waals surface area contributed by atoms with Crippen molar-refractivity contribution in [2.45, 2.75) is 63.7 Å². The normalized spacial score (nSPS) is 31.7. The summed E-state index contributed by atoms with van der Waals surface area (Å²) in [6.45, 7) is 3.73. The van der Waals surface area contributed by atoms with Crippen molar-refractivity contribution in [1.82, 2.24) is 30.1 Å². The molecule has 3 saturated heterocycles. The number of nitrogens with zero attached hydrogens (tertiary/aromatic N) is 5. The number of rotatable bonds is 6. The average molecular weight is 361 g/mol. The second-order valence-electron chi connectivity index (χ2n) is 8.70. The molecule has 4 fully saturated rings. The van der Waals surface area contributed by atoms with Gasteiger partial charge in [0.25, 0.3) is 0 Å². The molecule has 2 bridgehead atoms. The molecule has 144 valence electrons. The molecule has 4 atom stereocenters. The van der Waals surface area contributed by atoms with Crippen LogP contribution in [0.1, 0.15) is 44.2 Å². The zero-order valence-electron chi connectivity index (χ0n) is 16.1. The third-order valence-electron chi connectivity index (χ3n) is 6.38. The number of amides is 1. The number of piperidine rings is 3. The van der Waals surface area contributed by atoms with Gasteiger partial charge in [-0.05, 0) is 52.2 Å². The molecule has 1 aromatic rings. The molecule has 26 heavy (non-hydrogen) atoms. The zero-order chi connectivity index (χ0) is 18.1. The van der Waals surface area contributed by atoms with Crippen molar-refractivity contribution in [1.29, 1.82) is 0 Å². The maximum atomic E-state index is 12.7. The summed E-state index contributed by atoms with van der Waals surface area (Å²) in [4.78, 5) is 17.4. The highest BCUT2D eigenvalue weighted by atomic mass is 16.2. The molecule has 0 radical (unpaired) electrons. The van der Waals surface area contributed by atoms with Crippen LogP contribution in [0.5, 0.6) is 0 Å². The smallest absolute Gasteiger partial charge is 0.224 e. The number of hydrogen-bond donors (Lipinski definition) is 1. The maximum absolute atomic E-state index is 12.7. The third-order valence-corrected chi connectivity index (χ3v) is 6.38. The van der Waals surface area contributed by atoms with E-state index in [0.29, 0.717) is 23.9 Å². The molecule has 5 rings (SSSR count). The second-order valence-corrected chi connectivity index (χ2v) is 8.70. The van der Waals surface area contributed by atoms with E-state index in [4.69, 9.17) is 0 Å². The molecule has 1 aromatic heterocycles. The number of aromatic nitrogens is 3. The number of hydrogen-bond acceptors (Lipinski definition) is 5. The third kappa shape index (κ3) is 3.93. The van der Waals surface area contributed by atoms with E-state index >= 15 is 0 Å². The van der Waals surface area contributed by atoms with Gasteiger partial charge in [0.2, 0.25) is 5.91 Å². The Kier molecular flexibility index (Phi) is 5.27. The summed E-state index contributed by atoms with van der Waals surface area (Å²) in [5, 5.41) is 11.9. The monoisotopic (exact) mass is 360 g/mol. The van der Waals surface area contributed by atoms with Gasteiger partial charge in [-0.1, -0.05) is 18.1 Å². The van der Waals surface area contributed by atoms with E-state index in [0.717, 1.165) is 57.6 Å². The lowest BCUT2D eigenvalue weighted by Gasteiger charge is -2.49. The fourth-order valence-electron chi connectivity index (χ4n) is 5.04. The fourth-order valence-corrected chi connectivity index (χ4v) is 5.04. The molecular formula is C19H32N6O. The molecule has 4 heterocycles. The Balaban J connectivity index is 1.33. The minimum atomic E-state index is 0.181. The van der Waals surface area contributed by atoms with Gasteiger partial charge < -0.3 is 10.2 Å². The standard InChI is InChI=1S/C19H32N6O/c1-23(2)10-16-11-25(22-21-16)12-17-9-14-7-8-24(17)13-18(14)19(26)20-15-5-3-4-6-15/h11,14-15,17-18H,3-10,12-13H2,1-2H3,(H,20,26)/t14-,17-,18+/m1/s1. The SMILES string of the molecule is CN(C)Cc1cn(C[C@H]2C[C@H]3CCN2C[C@@H]3C(=O)NC2CCCC2)nn1. The summed E-state index contributed by atoms with van der Waals surface area (Å²) in [6, 6.07) is 0.914. The molecule has 1 amide bonds. The molecular weight excluding hydrogens is 328 g/mol. The van der Waals surface area contributed by atoms with E-state index in [2.05, 4.69) is 31.6 Å². The Labute approximate surface area is 156 Å². The van der Waals surface area contributed by atoms with Gasteiger partial charge in [0.15, 0.2) is 0 Å². The van der Waals surface area contributed by atoms with Gasteiger partial charge >= 0.3 is 0 Å². The summed E-state index contributed by atoms with van der Waals surface area (Å²) >= 11 is 0. The van der Waals surface area contributed by atoms with Gasteiger partial charge in [-0.25, -0.2) is 0 Å². The summed E-state index contributed by atoms with van der Waals surface area (Å²) < 4.78 is 1.98. The summed E-state index contributed by atoms with van der Waals surface area (Å²) in [7, 11) is 4.09. The number of carbonyl (C=O) groups excluding carboxylic acids is 1. The van der Waals surface area contributed by atoms with Crippen LogP contribution in [0, 0.1) is 11.8 Å². The largest absolute Gasteiger partial charge is 0.353 e. The quantitative estimate of drug-likeness (QED) is 0.823. The Hall–Kier alpha value is -1.47. The predicted molar refractivity (Wildman–Crippen MR) is 99.4 cm³/mol. The maximum Gasteiger partial charge on any atom is 0.224 e. The van der Waals surface area contributed by atoms with Crippen LogP contribution in [0.3, 0.4) is 0 Å². The first-order valence-electron chi connectivity index (χ1n) is 10.2. The lowest BCUT2D eigenvalue weighted by molar-refractivity contribution is -0.133. The number of fused-ring (bicyclic) bond motifs is 3. The van der Waals surface area contributed by atoms with Crippen LogP contribution in [0.15, 0.2) is 6.20 Å². The van der Waals surface area contributed by atoms with Gasteiger partial charge in [0.05, 0.1) is 18.2 Å². The van der Waals surface area contributed by atoms with Gasteiger partial charge in [0.1, 0.15) is 0 Å². The van der Waals surface area contributed by atoms with E-state index in [9.17, 15) is 4.79 Å². The van der Waals surface area contributed by atoms with E-state index in [1.165, 1.54) is 12.8 Å². The highest BCUT2D eigenvalue weighted by molar-refractivity contribution is 5.79. The summed E-state index contributed by atoms with van der Waals surface area (Å²) in [5.74, 6) is 1.01. The van der Waals surface area contributed by atoms with Crippen LogP contribution in [0.4, 0.5) is 0 Å². The first kappa shape index (κ1) is 17.9. The molecule has 4 aliphatic rings. The first-order chi connectivity index (χ1) is 12.6. The molecule has 1 saturated carbocycles. The van der Waals surface area contributed by atoms with E-state index in [-0.39, 0.29) is 5.92 Å². The van der Waals surface area contributed by atoms with Crippen LogP contribution < -0.4 is 5.32 Å². The molecule has 1 N–H and O–H groups in total. The van der Waals surface area contributed by atoms with Crippen molar-refractivity contribution in [3.8, 4) is 0 Å².